The number of hydrogen-bond donors (Lipinski definition) is 1. The molecule has 2 aromatic rings. The molecule has 0 aromatic carbocycles. The van der Waals surface area contributed by atoms with Crippen molar-refractivity contribution in [3.05, 3.63) is 12.3 Å². The van der Waals surface area contributed by atoms with E-state index in [4.69, 9.17) is 15.2 Å². The van der Waals surface area contributed by atoms with Gasteiger partial charge in [0, 0.05) is 26.3 Å². The number of nitrogens with zero attached hydrogens (tertiary/aromatic N) is 5. The summed E-state index contributed by atoms with van der Waals surface area (Å²) < 4.78 is 12.4. The van der Waals surface area contributed by atoms with E-state index in [0.29, 0.717) is 35.9 Å². The van der Waals surface area contributed by atoms with Crippen LogP contribution in [0.25, 0.3) is 11.0 Å². The van der Waals surface area contributed by atoms with E-state index in [-0.39, 0.29) is 18.1 Å². The minimum absolute atomic E-state index is 0.0198. The molecular formula is C23H36N6O4. The summed E-state index contributed by atoms with van der Waals surface area (Å²) in [5.74, 6) is 0.955. The van der Waals surface area contributed by atoms with Gasteiger partial charge in [-0.2, -0.15) is 9.97 Å². The van der Waals surface area contributed by atoms with Gasteiger partial charge >= 0.3 is 12.2 Å². The molecule has 1 amide bonds. The van der Waals surface area contributed by atoms with Gasteiger partial charge in [0.1, 0.15) is 17.0 Å². The fraction of sp³-hybridized carbons (Fsp3) is 0.652. The van der Waals surface area contributed by atoms with Crippen LogP contribution in [0.3, 0.4) is 0 Å². The monoisotopic (exact) mass is 460 g/mol. The summed E-state index contributed by atoms with van der Waals surface area (Å²) >= 11 is 0. The molecule has 10 heteroatoms. The lowest BCUT2D eigenvalue weighted by atomic mass is 9.92. The van der Waals surface area contributed by atoms with Crippen LogP contribution in [0.4, 0.5) is 21.4 Å². The van der Waals surface area contributed by atoms with E-state index in [2.05, 4.69) is 16.9 Å². The predicted octanol–water partition coefficient (Wildman–Crippen LogP) is 3.88. The molecule has 2 unspecified atom stereocenters. The fourth-order valence-electron chi connectivity index (χ4n) is 3.94. The predicted molar refractivity (Wildman–Crippen MR) is 127 cm³/mol. The Hall–Kier alpha value is -3.04. The smallest absolute Gasteiger partial charge is 0.420 e. The molecular weight excluding hydrogens is 424 g/mol. The Morgan fingerprint density at radius 2 is 1.70 bits per heavy atom. The highest BCUT2D eigenvalue weighted by molar-refractivity contribution is 5.94. The second-order valence-electron chi connectivity index (χ2n) is 10.7. The minimum Gasteiger partial charge on any atom is -0.444 e. The molecule has 0 bridgehead atoms. The first-order chi connectivity index (χ1) is 15.2. The van der Waals surface area contributed by atoms with E-state index >= 15 is 0 Å². The minimum atomic E-state index is -0.644. The standard InChI is InChI=1S/C23H36N6O4/c1-14-9-11-28(20(30)32-22(2,3)4)13-16(14)27(8)17-15-10-12-29(18(15)26-19(24)25-17)21(31)33-23(5,6)7/h10,12,14,16H,9,11,13H2,1-8H3,(H2,24,25,26). The van der Waals surface area contributed by atoms with Crippen LogP contribution in [0.2, 0.25) is 0 Å². The topological polar surface area (TPSA) is 116 Å². The van der Waals surface area contributed by atoms with Gasteiger partial charge in [0.2, 0.25) is 5.95 Å². The second-order valence-corrected chi connectivity index (χ2v) is 10.7. The summed E-state index contributed by atoms with van der Waals surface area (Å²) in [6.07, 6.45) is 1.58. The second kappa shape index (κ2) is 8.72. The Morgan fingerprint density at radius 3 is 2.30 bits per heavy atom. The third-order valence-electron chi connectivity index (χ3n) is 5.53. The van der Waals surface area contributed by atoms with E-state index in [0.717, 1.165) is 6.42 Å². The summed E-state index contributed by atoms with van der Waals surface area (Å²) in [6, 6.07) is 1.76. The number of carbonyl (C=O) groups excluding carboxylic acids is 2. The van der Waals surface area contributed by atoms with E-state index in [1.165, 1.54) is 4.57 Å². The number of nitrogens with two attached hydrogens (primary N) is 1. The van der Waals surface area contributed by atoms with Crippen molar-refractivity contribution in [1.29, 1.82) is 0 Å². The average molecular weight is 461 g/mol. The van der Waals surface area contributed by atoms with Gasteiger partial charge in [-0.15, -0.1) is 0 Å². The first-order valence-electron chi connectivity index (χ1n) is 11.2. The van der Waals surface area contributed by atoms with Crippen molar-refractivity contribution >= 4 is 35.0 Å². The van der Waals surface area contributed by atoms with Gasteiger partial charge in [-0.05, 0) is 59.9 Å². The molecule has 0 saturated carbocycles. The number of piperidine rings is 1. The summed E-state index contributed by atoms with van der Waals surface area (Å²) in [5, 5.41) is 0.680. The van der Waals surface area contributed by atoms with Crippen molar-refractivity contribution < 1.29 is 19.1 Å². The molecule has 1 saturated heterocycles. The average Bonchev–Trinajstić information content (AvgIpc) is 3.08. The normalized spacial score (nSPS) is 19.5. The van der Waals surface area contributed by atoms with Crippen LogP contribution in [0, 0.1) is 5.92 Å². The van der Waals surface area contributed by atoms with Crippen molar-refractivity contribution in [1.82, 2.24) is 19.4 Å². The van der Waals surface area contributed by atoms with Gasteiger partial charge in [0.05, 0.1) is 11.4 Å². The quantitative estimate of drug-likeness (QED) is 0.718. The highest BCUT2D eigenvalue weighted by atomic mass is 16.6. The fourth-order valence-corrected chi connectivity index (χ4v) is 3.94. The van der Waals surface area contributed by atoms with Crippen molar-refractivity contribution in [3.63, 3.8) is 0 Å². The first-order valence-corrected chi connectivity index (χ1v) is 11.2. The number of hydrogen-bond acceptors (Lipinski definition) is 8. The molecule has 3 heterocycles. The number of likely N-dealkylation sites (N-methyl/N-ethyl adjacent to an activating group) is 1. The van der Waals surface area contributed by atoms with Crippen LogP contribution in [-0.4, -0.2) is 69.0 Å². The molecule has 1 aliphatic rings. The lowest BCUT2D eigenvalue weighted by Gasteiger charge is -2.42. The number of aromatic nitrogens is 3. The maximum Gasteiger partial charge on any atom is 0.420 e. The lowest BCUT2D eigenvalue weighted by Crippen LogP contribution is -2.53. The number of ether oxygens (including phenoxy) is 2. The lowest BCUT2D eigenvalue weighted by molar-refractivity contribution is 0.0165. The third kappa shape index (κ3) is 5.66. The zero-order chi connectivity index (χ0) is 24.7. The zero-order valence-electron chi connectivity index (χ0n) is 20.9. The number of anilines is 2. The summed E-state index contributed by atoms with van der Waals surface area (Å²) in [4.78, 5) is 37.9. The van der Waals surface area contributed by atoms with Gasteiger partial charge in [0.25, 0.3) is 0 Å². The Kier molecular flexibility index (Phi) is 6.50. The van der Waals surface area contributed by atoms with Crippen LogP contribution < -0.4 is 10.6 Å². The van der Waals surface area contributed by atoms with Crippen molar-refractivity contribution in [2.24, 2.45) is 5.92 Å². The van der Waals surface area contributed by atoms with Crippen LogP contribution >= 0.6 is 0 Å². The van der Waals surface area contributed by atoms with Crippen LogP contribution in [0.15, 0.2) is 12.3 Å². The van der Waals surface area contributed by atoms with E-state index in [9.17, 15) is 9.59 Å². The van der Waals surface area contributed by atoms with Gasteiger partial charge < -0.3 is 25.0 Å². The molecule has 1 aliphatic heterocycles. The summed E-state index contributed by atoms with van der Waals surface area (Å²) in [5.41, 5.74) is 5.21. The Labute approximate surface area is 195 Å². The number of fused-ring (bicyclic) bond motifs is 1. The van der Waals surface area contributed by atoms with Gasteiger partial charge in [0.15, 0.2) is 5.65 Å². The molecule has 0 spiro atoms. The van der Waals surface area contributed by atoms with E-state index in [1.807, 2.05) is 32.7 Å². The Balaban J connectivity index is 1.92. The Morgan fingerprint density at radius 1 is 1.09 bits per heavy atom. The van der Waals surface area contributed by atoms with Crippen LogP contribution in [0.1, 0.15) is 54.9 Å². The summed E-state index contributed by atoms with van der Waals surface area (Å²) in [7, 11) is 1.92. The Bertz CT molecular complexity index is 1040. The highest BCUT2D eigenvalue weighted by Gasteiger charge is 2.35. The molecule has 33 heavy (non-hydrogen) atoms. The molecule has 10 nitrogen and oxygen atoms in total. The number of nitrogen functional groups attached to an aromatic ring is 1. The SMILES string of the molecule is CC1CCN(C(=O)OC(C)(C)C)CC1N(C)c1nc(N)nc2c1ccn2C(=O)OC(C)(C)C. The molecule has 3 rings (SSSR count). The molecule has 182 valence electrons. The summed E-state index contributed by atoms with van der Waals surface area (Å²) in [6.45, 7) is 14.3. The van der Waals surface area contributed by atoms with Gasteiger partial charge in [-0.3, -0.25) is 0 Å². The third-order valence-corrected chi connectivity index (χ3v) is 5.53. The van der Waals surface area contributed by atoms with Gasteiger partial charge in [-0.25, -0.2) is 14.2 Å². The van der Waals surface area contributed by atoms with E-state index < -0.39 is 17.3 Å². The molecule has 2 atom stereocenters. The van der Waals surface area contributed by atoms with E-state index in [1.54, 1.807) is 37.9 Å². The zero-order valence-corrected chi connectivity index (χ0v) is 20.9. The van der Waals surface area contributed by atoms with Crippen molar-refractivity contribution in [3.8, 4) is 0 Å². The van der Waals surface area contributed by atoms with Crippen LogP contribution in [-0.2, 0) is 9.47 Å². The maximum atomic E-state index is 12.7. The largest absolute Gasteiger partial charge is 0.444 e. The maximum absolute atomic E-state index is 12.7. The van der Waals surface area contributed by atoms with Gasteiger partial charge in [-0.1, -0.05) is 6.92 Å². The number of likely N-dealkylation sites (tertiary alicyclic amines) is 1. The van der Waals surface area contributed by atoms with Crippen LogP contribution in [0.5, 0.6) is 0 Å². The first kappa shape index (κ1) is 24.6. The molecule has 1 fully saturated rings. The molecule has 2 aromatic heterocycles. The molecule has 2 N–H and O–H groups in total. The highest BCUT2D eigenvalue weighted by Crippen LogP contribution is 2.31. The molecule has 0 radical (unpaired) electrons. The van der Waals surface area contributed by atoms with Crippen molar-refractivity contribution in [2.45, 2.75) is 72.1 Å². The van der Waals surface area contributed by atoms with Crippen molar-refractivity contribution in [2.75, 3.05) is 30.8 Å². The number of rotatable bonds is 2. The number of carbonyl (C=O) groups is 2. The number of amides is 1. The molecule has 0 aliphatic carbocycles.